The minimum Gasteiger partial charge on any atom is -0.386 e. The van der Waals surface area contributed by atoms with Gasteiger partial charge in [-0.2, -0.15) is 0 Å². The van der Waals surface area contributed by atoms with Gasteiger partial charge in [0.1, 0.15) is 23.9 Å². The molecule has 8 rings (SSSR count). The van der Waals surface area contributed by atoms with Crippen molar-refractivity contribution in [3.05, 3.63) is 47.2 Å². The van der Waals surface area contributed by atoms with Crippen molar-refractivity contribution in [2.45, 2.75) is 127 Å². The third-order valence-corrected chi connectivity index (χ3v) is 12.0. The Morgan fingerprint density at radius 3 is 2.58 bits per heavy atom. The Morgan fingerprint density at radius 2 is 1.79 bits per heavy atom. The molecule has 3 aliphatic heterocycles. The number of epoxide rings is 1. The van der Waals surface area contributed by atoms with Crippen LogP contribution in [0.25, 0.3) is 10.9 Å². The van der Waals surface area contributed by atoms with E-state index in [0.29, 0.717) is 5.92 Å². The Bertz CT molecular complexity index is 1380. The first kappa shape index (κ1) is 24.1. The van der Waals surface area contributed by atoms with Gasteiger partial charge in [-0.25, -0.2) is 0 Å². The Balaban J connectivity index is 1.22. The van der Waals surface area contributed by atoms with Crippen molar-refractivity contribution in [3.63, 3.8) is 0 Å². The van der Waals surface area contributed by atoms with Crippen LogP contribution in [0.1, 0.15) is 78.5 Å². The molecule has 2 saturated carbocycles. The summed E-state index contributed by atoms with van der Waals surface area (Å²) >= 11 is 0. The molecule has 1 aromatic heterocycles. The van der Waals surface area contributed by atoms with E-state index >= 15 is 0 Å². The van der Waals surface area contributed by atoms with E-state index in [2.05, 4.69) is 70.8 Å². The largest absolute Gasteiger partial charge is 0.386 e. The summed E-state index contributed by atoms with van der Waals surface area (Å²) in [6.45, 7) is 13.1. The molecule has 3 saturated heterocycles. The summed E-state index contributed by atoms with van der Waals surface area (Å²) in [4.78, 5) is 3.84. The number of aromatic nitrogens is 1. The van der Waals surface area contributed by atoms with Crippen molar-refractivity contribution in [2.24, 2.45) is 11.3 Å². The van der Waals surface area contributed by atoms with E-state index < -0.39 is 23.1 Å². The molecule has 2 aromatic rings. The van der Waals surface area contributed by atoms with Gasteiger partial charge in [-0.05, 0) is 83.4 Å². The first-order chi connectivity index (χ1) is 18.0. The molecule has 0 radical (unpaired) electrons. The topological polar surface area (TPSA) is 76.2 Å². The molecule has 6 heteroatoms. The average molecular weight is 520 g/mol. The third kappa shape index (κ3) is 2.54. The second-order valence-electron chi connectivity index (χ2n) is 14.2. The van der Waals surface area contributed by atoms with E-state index in [1.165, 1.54) is 22.2 Å². The minimum absolute atomic E-state index is 0.165. The summed E-state index contributed by atoms with van der Waals surface area (Å²) < 4.78 is 26.5. The predicted octanol–water partition coefficient (Wildman–Crippen LogP) is 5.31. The van der Waals surface area contributed by atoms with Crippen LogP contribution < -0.4 is 0 Å². The number of ether oxygens (including phenoxy) is 4. The Labute approximate surface area is 225 Å². The van der Waals surface area contributed by atoms with E-state index in [0.717, 1.165) is 37.7 Å². The molecular weight excluding hydrogens is 478 g/mol. The number of nitrogens with one attached hydrogen (secondary N) is 1. The normalized spacial score (nSPS) is 49.7. The standard InChI is InChI=1S/C32H41NO5/c1-17(2)15-23-36-24-26(28(3,4)37-23)35-22-12-13-29(5)30(6)18(11-14-31(29,34)32(22)27(24)38-32)16-20-19-9-7-8-10-21(19)33-25(20)30/h7-10,15,18,22-24,26-27,33-34H,11-14,16H2,1-6H3. The number of aliphatic hydroxyl groups is 1. The molecule has 6 nitrogen and oxygen atoms in total. The highest BCUT2D eigenvalue weighted by Crippen LogP contribution is 2.75. The molecule has 5 fully saturated rings. The first-order valence-electron chi connectivity index (χ1n) is 14.6. The molecule has 1 aromatic carbocycles. The van der Waals surface area contributed by atoms with Crippen molar-refractivity contribution in [1.29, 1.82) is 0 Å². The van der Waals surface area contributed by atoms with E-state index in [1.54, 1.807) is 0 Å². The van der Waals surface area contributed by atoms with Crippen LogP contribution in [0.3, 0.4) is 0 Å². The highest BCUT2D eigenvalue weighted by atomic mass is 16.8. The number of fused-ring (bicyclic) bond motifs is 9. The van der Waals surface area contributed by atoms with Gasteiger partial charge in [-0.1, -0.05) is 37.6 Å². The summed E-state index contributed by atoms with van der Waals surface area (Å²) in [6, 6.07) is 8.67. The minimum atomic E-state index is -1.01. The number of aromatic amines is 1. The van der Waals surface area contributed by atoms with Gasteiger partial charge in [0.2, 0.25) is 0 Å². The van der Waals surface area contributed by atoms with Crippen LogP contribution in [0.2, 0.25) is 0 Å². The van der Waals surface area contributed by atoms with Gasteiger partial charge >= 0.3 is 0 Å². The van der Waals surface area contributed by atoms with Crippen LogP contribution in [-0.2, 0) is 30.8 Å². The zero-order valence-corrected chi connectivity index (χ0v) is 23.5. The fourth-order valence-electron chi connectivity index (χ4n) is 9.97. The van der Waals surface area contributed by atoms with Crippen molar-refractivity contribution in [3.8, 4) is 0 Å². The van der Waals surface area contributed by atoms with Crippen LogP contribution in [-0.4, -0.2) is 57.6 Å². The maximum absolute atomic E-state index is 13.1. The zero-order valence-electron chi connectivity index (χ0n) is 23.5. The van der Waals surface area contributed by atoms with Crippen molar-refractivity contribution in [2.75, 3.05) is 0 Å². The van der Waals surface area contributed by atoms with Crippen molar-refractivity contribution < 1.29 is 24.1 Å². The van der Waals surface area contributed by atoms with E-state index in [4.69, 9.17) is 18.9 Å². The molecule has 10 unspecified atom stereocenters. The Hall–Kier alpha value is -1.70. The van der Waals surface area contributed by atoms with Crippen LogP contribution in [0, 0.1) is 11.3 Å². The molecule has 6 aliphatic rings. The molecule has 3 aliphatic carbocycles. The van der Waals surface area contributed by atoms with Crippen LogP contribution in [0.15, 0.2) is 35.9 Å². The summed E-state index contributed by atoms with van der Waals surface area (Å²) in [5, 5.41) is 14.4. The molecule has 2 N–H and O–H groups in total. The average Bonchev–Trinajstić information content (AvgIpc) is 3.43. The molecule has 0 bridgehead atoms. The summed E-state index contributed by atoms with van der Waals surface area (Å²) in [6.07, 6.45) is 5.25. The number of benzene rings is 1. The summed E-state index contributed by atoms with van der Waals surface area (Å²) in [5.41, 5.74) is 2.31. The zero-order chi connectivity index (χ0) is 26.5. The molecule has 10 atom stereocenters. The van der Waals surface area contributed by atoms with Crippen LogP contribution in [0.4, 0.5) is 0 Å². The second kappa shape index (κ2) is 7.13. The smallest absolute Gasteiger partial charge is 0.178 e. The number of allylic oxidation sites excluding steroid dienone is 1. The number of rotatable bonds is 1. The van der Waals surface area contributed by atoms with Crippen molar-refractivity contribution in [1.82, 2.24) is 4.98 Å². The van der Waals surface area contributed by atoms with Crippen molar-refractivity contribution >= 4 is 10.9 Å². The van der Waals surface area contributed by atoms with E-state index in [9.17, 15) is 5.11 Å². The van der Waals surface area contributed by atoms with Gasteiger partial charge in [0.05, 0.1) is 11.7 Å². The molecule has 38 heavy (non-hydrogen) atoms. The quantitative estimate of drug-likeness (QED) is 0.394. The van der Waals surface area contributed by atoms with Crippen LogP contribution >= 0.6 is 0 Å². The summed E-state index contributed by atoms with van der Waals surface area (Å²) in [5.74, 6) is 0.501. The molecule has 1 spiro atoms. The predicted molar refractivity (Wildman–Crippen MR) is 144 cm³/mol. The fraction of sp³-hybridized carbons (Fsp3) is 0.688. The SMILES string of the molecule is CC(C)=CC1OC2C(OC3CCC4(C)C5(C)c6[nH]c7ccccc7c6CC5CCC4(O)C34OC24)C(C)(C)O1. The van der Waals surface area contributed by atoms with Crippen LogP contribution in [0.5, 0.6) is 0 Å². The third-order valence-electron chi connectivity index (χ3n) is 12.0. The molecule has 4 heterocycles. The lowest BCUT2D eigenvalue weighted by Gasteiger charge is -2.66. The highest BCUT2D eigenvalue weighted by molar-refractivity contribution is 5.86. The Kier molecular flexibility index (Phi) is 4.53. The maximum Gasteiger partial charge on any atom is 0.178 e. The monoisotopic (exact) mass is 519 g/mol. The number of para-hydroxylation sites is 1. The lowest BCUT2D eigenvalue weighted by Crippen LogP contribution is -2.77. The number of H-pyrrole nitrogens is 1. The maximum atomic E-state index is 13.1. The lowest BCUT2D eigenvalue weighted by atomic mass is 9.40. The van der Waals surface area contributed by atoms with Gasteiger partial charge < -0.3 is 29.0 Å². The lowest BCUT2D eigenvalue weighted by molar-refractivity contribution is -0.343. The second-order valence-corrected chi connectivity index (χ2v) is 14.2. The van der Waals surface area contributed by atoms with E-state index in [-0.39, 0.29) is 35.2 Å². The number of hydrogen-bond donors (Lipinski definition) is 2. The summed E-state index contributed by atoms with van der Waals surface area (Å²) in [7, 11) is 0. The Morgan fingerprint density at radius 1 is 1.00 bits per heavy atom. The van der Waals surface area contributed by atoms with E-state index in [1.807, 2.05) is 6.08 Å². The van der Waals surface area contributed by atoms with Gasteiger partial charge in [-0.15, -0.1) is 0 Å². The van der Waals surface area contributed by atoms with Gasteiger partial charge in [0.15, 0.2) is 11.9 Å². The van der Waals surface area contributed by atoms with Gasteiger partial charge in [0.25, 0.3) is 0 Å². The number of hydrogen-bond acceptors (Lipinski definition) is 5. The molecule has 0 amide bonds. The molecular formula is C32H41NO5. The van der Waals surface area contributed by atoms with Gasteiger partial charge in [-0.3, -0.25) is 0 Å². The fourth-order valence-corrected chi connectivity index (χ4v) is 9.97. The highest BCUT2D eigenvalue weighted by Gasteiger charge is 2.87. The first-order valence-corrected chi connectivity index (χ1v) is 14.6. The molecule has 204 valence electrons. The van der Waals surface area contributed by atoms with Gasteiger partial charge in [0, 0.05) is 27.4 Å².